The van der Waals surface area contributed by atoms with Crippen LogP contribution in [-0.2, 0) is 45.8 Å². The molecule has 266 valence electrons. The largest absolute Gasteiger partial charge is 3.00 e. The molecule has 0 N–H and O–H groups in total. The van der Waals surface area contributed by atoms with Crippen molar-refractivity contribution in [2.75, 3.05) is 0 Å². The van der Waals surface area contributed by atoms with Gasteiger partial charge >= 0.3 is 20.1 Å². The maximum Gasteiger partial charge on any atom is 3.00 e. The summed E-state index contributed by atoms with van der Waals surface area (Å²) in [7, 11) is 0. The molecule has 0 saturated carbocycles. The third-order valence-corrected chi connectivity index (χ3v) is 8.92. The van der Waals surface area contributed by atoms with Gasteiger partial charge in [0.2, 0.25) is 0 Å². The Labute approximate surface area is 331 Å². The number of pyridine rings is 3. The molecule has 7 heteroatoms. The second-order valence-electron chi connectivity index (χ2n) is 13.0. The number of aryl methyl sites for hydroxylation is 6. The fourth-order valence-corrected chi connectivity index (χ4v) is 6.01. The van der Waals surface area contributed by atoms with E-state index in [0.29, 0.717) is 11.6 Å². The van der Waals surface area contributed by atoms with E-state index < -0.39 is 0 Å². The Bertz CT molecular complexity index is 2210. The van der Waals surface area contributed by atoms with E-state index in [-0.39, 0.29) is 20.1 Å². The summed E-state index contributed by atoms with van der Waals surface area (Å²) in [5.74, 6) is 1.19. The quantitative estimate of drug-likeness (QED) is 0.127. The van der Waals surface area contributed by atoms with E-state index in [9.17, 15) is 0 Å². The van der Waals surface area contributed by atoms with Gasteiger partial charge in [-0.15, -0.1) is 70.8 Å². The van der Waals surface area contributed by atoms with Crippen molar-refractivity contribution in [3.05, 3.63) is 198 Å². The first-order chi connectivity index (χ1) is 26.1. The molecule has 0 unspecified atom stereocenters. The number of hydrogen-bond donors (Lipinski definition) is 0. The van der Waals surface area contributed by atoms with Gasteiger partial charge in [0.1, 0.15) is 0 Å². The molecule has 4 aromatic carbocycles. The first kappa shape index (κ1) is 37.9. The summed E-state index contributed by atoms with van der Waals surface area (Å²) in [5, 5.41) is 8.10. The van der Waals surface area contributed by atoms with Crippen LogP contribution in [0, 0.1) is 26.0 Å². The molecule has 4 aromatic heterocycles. The number of aromatic nitrogens is 6. The van der Waals surface area contributed by atoms with Gasteiger partial charge < -0.3 is 20.1 Å². The predicted octanol–water partition coefficient (Wildman–Crippen LogP) is 9.76. The van der Waals surface area contributed by atoms with Gasteiger partial charge in [-0.1, -0.05) is 97.8 Å². The summed E-state index contributed by atoms with van der Waals surface area (Å²) >= 11 is 0. The molecule has 54 heavy (non-hydrogen) atoms. The minimum Gasteiger partial charge on any atom is -0.417 e. The standard InChI is InChI=1S/C34H30N2.C13H9N4.Ir/c1-25-5-3-7-31(21-25)33-23-29(17-19-35-33)15-13-27-9-11-28(12-10-27)14-16-30-18-20-36-34(24-30)32-8-4-6-26(2)22-32;1-2-6-10(7-3-1)12-15-13(17-16-12)11-8-4-5-9-14-11;/h3-6,9-12,17-24H,13-16H2,1-2H3;1-9H;/q-2;-1;+3. The van der Waals surface area contributed by atoms with Crippen molar-refractivity contribution in [2.24, 2.45) is 0 Å². The maximum atomic E-state index is 4.55. The fraction of sp³-hybridized carbons (Fsp3) is 0.128. The molecular weight excluding hydrogens is 841 g/mol. The predicted molar refractivity (Wildman–Crippen MR) is 212 cm³/mol. The molecule has 0 spiro atoms. The molecule has 8 rings (SSSR count). The molecule has 0 aliphatic heterocycles. The summed E-state index contributed by atoms with van der Waals surface area (Å²) in [6, 6.07) is 52.0. The molecule has 0 fully saturated rings. The number of nitrogens with zero attached hydrogens (tertiary/aromatic N) is 6. The normalized spacial score (nSPS) is 10.6. The van der Waals surface area contributed by atoms with Crippen molar-refractivity contribution in [3.8, 4) is 45.4 Å². The molecule has 0 bridgehead atoms. The molecule has 8 aromatic rings. The zero-order valence-corrected chi connectivity index (χ0v) is 32.7. The number of hydrogen-bond acceptors (Lipinski definition) is 5. The van der Waals surface area contributed by atoms with E-state index >= 15 is 0 Å². The molecule has 0 radical (unpaired) electrons. The number of rotatable bonds is 10. The van der Waals surface area contributed by atoms with Crippen LogP contribution in [0.25, 0.3) is 45.4 Å². The molecular formula is C47H39IrN6. The Morgan fingerprint density at radius 1 is 0.500 bits per heavy atom. The second-order valence-corrected chi connectivity index (χ2v) is 13.0. The molecule has 0 atom stereocenters. The Balaban J connectivity index is 0.000000231. The molecule has 0 amide bonds. The summed E-state index contributed by atoms with van der Waals surface area (Å²) in [6.07, 6.45) is 9.56. The average Bonchev–Trinajstić information content (AvgIpc) is 3.72. The first-order valence-corrected chi connectivity index (χ1v) is 17.8. The summed E-state index contributed by atoms with van der Waals surface area (Å²) in [5.41, 5.74) is 13.6. The molecule has 4 heterocycles. The minimum atomic E-state index is 0. The average molecular weight is 880 g/mol. The van der Waals surface area contributed by atoms with E-state index in [1.54, 1.807) is 6.20 Å². The van der Waals surface area contributed by atoms with Crippen LogP contribution in [0.1, 0.15) is 33.4 Å². The van der Waals surface area contributed by atoms with Crippen molar-refractivity contribution < 1.29 is 20.1 Å². The second kappa shape index (κ2) is 18.7. The van der Waals surface area contributed by atoms with Gasteiger partial charge in [0.15, 0.2) is 0 Å². The van der Waals surface area contributed by atoms with E-state index in [4.69, 9.17) is 0 Å². The Morgan fingerprint density at radius 2 is 1.02 bits per heavy atom. The van der Waals surface area contributed by atoms with Gasteiger partial charge in [-0.3, -0.25) is 10.1 Å². The van der Waals surface area contributed by atoms with Crippen molar-refractivity contribution >= 4 is 0 Å². The van der Waals surface area contributed by atoms with E-state index in [1.165, 1.54) is 33.4 Å². The van der Waals surface area contributed by atoms with Gasteiger partial charge in [0.05, 0.1) is 11.5 Å². The Hall–Kier alpha value is -5.88. The molecule has 0 aliphatic rings. The van der Waals surface area contributed by atoms with Crippen molar-refractivity contribution in [1.82, 2.24) is 30.1 Å². The van der Waals surface area contributed by atoms with Crippen LogP contribution in [0.5, 0.6) is 0 Å². The van der Waals surface area contributed by atoms with Gasteiger partial charge in [0.25, 0.3) is 0 Å². The van der Waals surface area contributed by atoms with Crippen LogP contribution < -0.4 is 5.10 Å². The Morgan fingerprint density at radius 3 is 1.54 bits per heavy atom. The first-order valence-electron chi connectivity index (χ1n) is 17.8. The van der Waals surface area contributed by atoms with Crippen molar-refractivity contribution in [2.45, 2.75) is 39.5 Å². The molecule has 6 nitrogen and oxygen atoms in total. The monoisotopic (exact) mass is 880 g/mol. The van der Waals surface area contributed by atoms with Crippen LogP contribution >= 0.6 is 0 Å². The van der Waals surface area contributed by atoms with E-state index in [2.05, 4.69) is 129 Å². The van der Waals surface area contributed by atoms with E-state index in [1.807, 2.05) is 73.1 Å². The zero-order chi connectivity index (χ0) is 36.2. The zero-order valence-electron chi connectivity index (χ0n) is 30.3. The van der Waals surface area contributed by atoms with E-state index in [0.717, 1.165) is 59.5 Å². The third kappa shape index (κ3) is 10.4. The van der Waals surface area contributed by atoms with Crippen LogP contribution in [0.3, 0.4) is 0 Å². The van der Waals surface area contributed by atoms with Gasteiger partial charge in [-0.05, 0) is 83.9 Å². The Kier molecular flexibility index (Phi) is 13.1. The smallest absolute Gasteiger partial charge is 0.417 e. The van der Waals surface area contributed by atoms with Crippen molar-refractivity contribution in [1.29, 1.82) is 0 Å². The summed E-state index contributed by atoms with van der Waals surface area (Å²) in [4.78, 5) is 17.7. The third-order valence-electron chi connectivity index (χ3n) is 8.92. The van der Waals surface area contributed by atoms with Gasteiger partial charge in [-0.25, -0.2) is 0 Å². The molecule has 0 aliphatic carbocycles. The number of benzene rings is 4. The van der Waals surface area contributed by atoms with Crippen LogP contribution in [0.2, 0.25) is 0 Å². The van der Waals surface area contributed by atoms with Crippen molar-refractivity contribution in [3.63, 3.8) is 0 Å². The fourth-order valence-electron chi connectivity index (χ4n) is 6.01. The van der Waals surface area contributed by atoms with Crippen LogP contribution in [0.15, 0.2) is 152 Å². The summed E-state index contributed by atoms with van der Waals surface area (Å²) < 4.78 is 0. The molecule has 0 saturated heterocycles. The minimum absolute atomic E-state index is 0. The van der Waals surface area contributed by atoms with Gasteiger partial charge in [-0.2, -0.15) is 0 Å². The SMILES string of the molecule is Cc1cc[c-]c(-c2cc(CCc3ccc(CCc4ccnc(-c5[c-]ccc(C)c5)c4)cc3)ccn2)c1.[Ir+3].c1ccc(-c2n[n-]c(-c3ccccn3)n2)cc1. The van der Waals surface area contributed by atoms with Gasteiger partial charge in [0, 0.05) is 18.6 Å². The topological polar surface area (TPSA) is 78.5 Å². The van der Waals surface area contributed by atoms with Crippen LogP contribution in [-0.4, -0.2) is 25.0 Å². The summed E-state index contributed by atoms with van der Waals surface area (Å²) in [6.45, 7) is 4.20. The maximum absolute atomic E-state index is 4.55. The van der Waals surface area contributed by atoms with Crippen LogP contribution in [0.4, 0.5) is 0 Å².